The second-order valence-corrected chi connectivity index (χ2v) is 6.31. The number of benzene rings is 1. The van der Waals surface area contributed by atoms with Crippen molar-refractivity contribution in [3.8, 4) is 0 Å². The van der Waals surface area contributed by atoms with Crippen LogP contribution < -0.4 is 5.32 Å². The van der Waals surface area contributed by atoms with E-state index in [4.69, 9.17) is 0 Å². The monoisotopic (exact) mass is 337 g/mol. The molecule has 6 nitrogen and oxygen atoms in total. The molecule has 6 heteroatoms. The van der Waals surface area contributed by atoms with E-state index in [0.717, 1.165) is 17.0 Å². The van der Waals surface area contributed by atoms with Gasteiger partial charge in [0.15, 0.2) is 0 Å². The van der Waals surface area contributed by atoms with Crippen molar-refractivity contribution in [3.63, 3.8) is 0 Å². The van der Waals surface area contributed by atoms with E-state index >= 15 is 0 Å². The van der Waals surface area contributed by atoms with Gasteiger partial charge in [-0.3, -0.25) is 9.48 Å². The van der Waals surface area contributed by atoms with Crippen LogP contribution in [0.4, 0.5) is 0 Å². The highest BCUT2D eigenvalue weighted by Crippen LogP contribution is 2.16. The van der Waals surface area contributed by atoms with Crippen LogP contribution in [0.5, 0.6) is 0 Å². The zero-order chi connectivity index (χ0) is 17.8. The number of imidazole rings is 1. The average Bonchev–Trinajstić information content (AvgIpc) is 3.14. The van der Waals surface area contributed by atoms with Gasteiger partial charge in [-0.1, -0.05) is 30.3 Å². The molecule has 1 amide bonds. The molecule has 0 aliphatic rings. The molecule has 0 radical (unpaired) electrons. The SMILES string of the molecule is Cc1nn(C)cc1C(C)NC(=O)Cc1cncn1Cc1ccccc1. The molecule has 130 valence electrons. The van der Waals surface area contributed by atoms with Gasteiger partial charge in [-0.05, 0) is 19.4 Å². The van der Waals surface area contributed by atoms with E-state index < -0.39 is 0 Å². The zero-order valence-corrected chi connectivity index (χ0v) is 14.8. The third-order valence-corrected chi connectivity index (χ3v) is 4.23. The first-order valence-corrected chi connectivity index (χ1v) is 8.35. The highest BCUT2D eigenvalue weighted by Gasteiger charge is 2.16. The number of carbonyl (C=O) groups excluding carboxylic acids is 1. The topological polar surface area (TPSA) is 64.7 Å². The van der Waals surface area contributed by atoms with Crippen molar-refractivity contribution in [2.45, 2.75) is 32.9 Å². The minimum Gasteiger partial charge on any atom is -0.349 e. The van der Waals surface area contributed by atoms with Crippen molar-refractivity contribution in [1.82, 2.24) is 24.6 Å². The summed E-state index contributed by atoms with van der Waals surface area (Å²) in [5, 5.41) is 7.37. The maximum absolute atomic E-state index is 12.4. The Labute approximate surface area is 147 Å². The van der Waals surface area contributed by atoms with E-state index in [9.17, 15) is 4.79 Å². The van der Waals surface area contributed by atoms with Crippen molar-refractivity contribution in [2.24, 2.45) is 7.05 Å². The van der Waals surface area contributed by atoms with Gasteiger partial charge in [-0.2, -0.15) is 5.10 Å². The number of nitrogens with zero attached hydrogens (tertiary/aromatic N) is 4. The molecule has 3 rings (SSSR count). The van der Waals surface area contributed by atoms with Crippen LogP contribution in [0.1, 0.15) is 35.5 Å². The third kappa shape index (κ3) is 4.15. The fourth-order valence-corrected chi connectivity index (χ4v) is 3.00. The van der Waals surface area contributed by atoms with Crippen molar-refractivity contribution < 1.29 is 4.79 Å². The predicted octanol–water partition coefficient (Wildman–Crippen LogP) is 2.39. The molecule has 25 heavy (non-hydrogen) atoms. The van der Waals surface area contributed by atoms with Crippen LogP contribution in [0.3, 0.4) is 0 Å². The summed E-state index contributed by atoms with van der Waals surface area (Å²) in [6, 6.07) is 10.1. The zero-order valence-electron chi connectivity index (χ0n) is 14.8. The quantitative estimate of drug-likeness (QED) is 0.751. The highest BCUT2D eigenvalue weighted by atomic mass is 16.1. The Kier molecular flexibility index (Phi) is 4.97. The number of hydrogen-bond donors (Lipinski definition) is 1. The Morgan fingerprint density at radius 1 is 1.28 bits per heavy atom. The smallest absolute Gasteiger partial charge is 0.226 e. The largest absolute Gasteiger partial charge is 0.349 e. The molecule has 0 saturated heterocycles. The summed E-state index contributed by atoms with van der Waals surface area (Å²) < 4.78 is 3.77. The van der Waals surface area contributed by atoms with Crippen molar-refractivity contribution in [2.75, 3.05) is 0 Å². The Bertz CT molecular complexity index is 850. The minimum atomic E-state index is -0.0771. The summed E-state index contributed by atoms with van der Waals surface area (Å²) >= 11 is 0. The molecule has 1 aromatic carbocycles. The van der Waals surface area contributed by atoms with Crippen LogP contribution in [-0.4, -0.2) is 25.2 Å². The molecule has 0 saturated carbocycles. The summed E-state index contributed by atoms with van der Waals surface area (Å²) in [6.45, 7) is 4.64. The van der Waals surface area contributed by atoms with Crippen LogP contribution in [0.2, 0.25) is 0 Å². The number of hydrogen-bond acceptors (Lipinski definition) is 3. The first-order valence-electron chi connectivity index (χ1n) is 8.35. The fraction of sp³-hybridized carbons (Fsp3) is 0.316. The number of carbonyl (C=O) groups is 1. The lowest BCUT2D eigenvalue weighted by Gasteiger charge is -2.14. The highest BCUT2D eigenvalue weighted by molar-refractivity contribution is 5.78. The van der Waals surface area contributed by atoms with Gasteiger partial charge in [0.1, 0.15) is 0 Å². The van der Waals surface area contributed by atoms with Crippen LogP contribution in [0, 0.1) is 6.92 Å². The molecule has 0 fully saturated rings. The first-order chi connectivity index (χ1) is 12.0. The molecular weight excluding hydrogens is 314 g/mol. The lowest BCUT2D eigenvalue weighted by molar-refractivity contribution is -0.121. The molecule has 3 aromatic rings. The van der Waals surface area contributed by atoms with Crippen molar-refractivity contribution >= 4 is 5.91 Å². The van der Waals surface area contributed by atoms with Gasteiger partial charge in [0, 0.05) is 37.2 Å². The summed E-state index contributed by atoms with van der Waals surface area (Å²) in [6.07, 6.45) is 5.77. The molecule has 2 aromatic heterocycles. The predicted molar refractivity (Wildman–Crippen MR) is 96.0 cm³/mol. The van der Waals surface area contributed by atoms with E-state index in [1.165, 1.54) is 5.56 Å². The summed E-state index contributed by atoms with van der Waals surface area (Å²) in [4.78, 5) is 16.6. The number of aromatic nitrogens is 4. The average molecular weight is 337 g/mol. The molecule has 1 N–H and O–H groups in total. The second kappa shape index (κ2) is 7.34. The van der Waals surface area contributed by atoms with Crippen LogP contribution in [-0.2, 0) is 24.8 Å². The first kappa shape index (κ1) is 17.0. The van der Waals surface area contributed by atoms with E-state index in [1.54, 1.807) is 17.2 Å². The molecule has 0 aliphatic heterocycles. The lowest BCUT2D eigenvalue weighted by Crippen LogP contribution is -2.29. The van der Waals surface area contributed by atoms with Gasteiger partial charge in [-0.15, -0.1) is 0 Å². The van der Waals surface area contributed by atoms with E-state index in [2.05, 4.69) is 27.5 Å². The standard InChI is InChI=1S/C19H23N5O/c1-14(18-12-23(3)22-15(18)2)21-19(25)9-17-10-20-13-24(17)11-16-7-5-4-6-8-16/h4-8,10,12-14H,9,11H2,1-3H3,(H,21,25). The number of nitrogens with one attached hydrogen (secondary N) is 1. The van der Waals surface area contributed by atoms with Crippen LogP contribution >= 0.6 is 0 Å². The van der Waals surface area contributed by atoms with Gasteiger partial charge in [-0.25, -0.2) is 4.98 Å². The van der Waals surface area contributed by atoms with Crippen LogP contribution in [0.15, 0.2) is 49.1 Å². The lowest BCUT2D eigenvalue weighted by atomic mass is 10.1. The molecule has 0 spiro atoms. The Morgan fingerprint density at radius 2 is 2.04 bits per heavy atom. The van der Waals surface area contributed by atoms with E-state index in [-0.39, 0.29) is 11.9 Å². The minimum absolute atomic E-state index is 0.0226. The Hall–Kier alpha value is -2.89. The molecule has 1 atom stereocenters. The van der Waals surface area contributed by atoms with Gasteiger partial charge in [0.2, 0.25) is 5.91 Å². The van der Waals surface area contributed by atoms with Crippen LogP contribution in [0.25, 0.3) is 0 Å². The van der Waals surface area contributed by atoms with Crippen molar-refractivity contribution in [3.05, 3.63) is 71.6 Å². The molecule has 0 bridgehead atoms. The Morgan fingerprint density at radius 3 is 2.72 bits per heavy atom. The molecule has 2 heterocycles. The van der Waals surface area contributed by atoms with Gasteiger partial charge < -0.3 is 9.88 Å². The summed E-state index contributed by atoms with van der Waals surface area (Å²) in [7, 11) is 1.88. The van der Waals surface area contributed by atoms with E-state index in [1.807, 2.05) is 49.9 Å². The molecule has 1 unspecified atom stereocenters. The maximum atomic E-state index is 12.4. The van der Waals surface area contributed by atoms with Gasteiger partial charge in [0.05, 0.1) is 24.5 Å². The normalized spacial score (nSPS) is 12.1. The number of rotatable bonds is 6. The van der Waals surface area contributed by atoms with E-state index in [0.29, 0.717) is 13.0 Å². The fourth-order valence-electron chi connectivity index (χ4n) is 3.00. The second-order valence-electron chi connectivity index (χ2n) is 6.31. The number of amides is 1. The molecule has 0 aliphatic carbocycles. The molecular formula is C19H23N5O. The van der Waals surface area contributed by atoms with Gasteiger partial charge >= 0.3 is 0 Å². The van der Waals surface area contributed by atoms with Gasteiger partial charge in [0.25, 0.3) is 0 Å². The van der Waals surface area contributed by atoms with Crippen molar-refractivity contribution in [1.29, 1.82) is 0 Å². The third-order valence-electron chi connectivity index (χ3n) is 4.23. The number of aryl methyl sites for hydroxylation is 2. The Balaban J connectivity index is 1.64. The summed E-state index contributed by atoms with van der Waals surface area (Å²) in [5.41, 5.74) is 4.05. The summed E-state index contributed by atoms with van der Waals surface area (Å²) in [5.74, 6) is -0.0226. The maximum Gasteiger partial charge on any atom is 0.226 e.